The first-order chi connectivity index (χ1) is 16.6. The van der Waals surface area contributed by atoms with Crippen molar-refractivity contribution in [3.8, 4) is 0 Å². The van der Waals surface area contributed by atoms with Crippen molar-refractivity contribution in [3.05, 3.63) is 75.8 Å². The van der Waals surface area contributed by atoms with Crippen LogP contribution in [0.15, 0.2) is 59.6 Å². The van der Waals surface area contributed by atoms with E-state index >= 15 is 0 Å². The summed E-state index contributed by atoms with van der Waals surface area (Å²) >= 11 is 1.27. The summed E-state index contributed by atoms with van der Waals surface area (Å²) in [6.45, 7) is 3.67. The number of thioether (sulfide) groups is 1. The smallest absolute Gasteiger partial charge is 0.346 e. The molecule has 0 aromatic heterocycles. The van der Waals surface area contributed by atoms with Gasteiger partial charge in [0.1, 0.15) is 18.0 Å². The number of aliphatic imine (C=N–C) groups is 1. The summed E-state index contributed by atoms with van der Waals surface area (Å²) in [5, 5.41) is 10.1. The maximum Gasteiger partial charge on any atom is 0.346 e. The number of carbonyl (C=O) groups excluding carboxylic acids is 3. The molecule has 35 heavy (non-hydrogen) atoms. The van der Waals surface area contributed by atoms with E-state index in [0.29, 0.717) is 5.56 Å². The van der Waals surface area contributed by atoms with Gasteiger partial charge in [0.15, 0.2) is 0 Å². The molecule has 0 N–H and O–H groups in total. The summed E-state index contributed by atoms with van der Waals surface area (Å²) in [5.41, 5.74) is -0.688. The van der Waals surface area contributed by atoms with Gasteiger partial charge < -0.3 is 14.4 Å². The molecule has 2 aromatic carbocycles. The number of non-ortho nitro benzene ring substituents is 1. The molecular weight excluding hydrogens is 474 g/mol. The molecule has 0 aliphatic carbocycles. The number of hydrogen-bond acceptors (Lipinski definition) is 9. The van der Waals surface area contributed by atoms with Gasteiger partial charge in [-0.3, -0.25) is 19.9 Å². The van der Waals surface area contributed by atoms with E-state index in [1.54, 1.807) is 13.8 Å². The molecule has 2 fully saturated rings. The first-order valence-electron chi connectivity index (χ1n) is 10.7. The van der Waals surface area contributed by atoms with E-state index in [0.717, 1.165) is 12.7 Å². The van der Waals surface area contributed by atoms with Crippen LogP contribution in [0.4, 0.5) is 5.69 Å². The summed E-state index contributed by atoms with van der Waals surface area (Å²) in [7, 11) is 1.16. The van der Waals surface area contributed by atoms with Crippen LogP contribution in [0.1, 0.15) is 25.0 Å². The second-order valence-electron chi connectivity index (χ2n) is 8.65. The van der Waals surface area contributed by atoms with Crippen molar-refractivity contribution in [2.24, 2.45) is 4.99 Å². The van der Waals surface area contributed by atoms with E-state index in [-0.39, 0.29) is 12.3 Å². The monoisotopic (exact) mass is 497 g/mol. The lowest BCUT2D eigenvalue weighted by molar-refractivity contribution is -0.384. The molecule has 11 heteroatoms. The third kappa shape index (κ3) is 4.16. The number of esters is 2. The number of benzene rings is 2. The lowest BCUT2D eigenvalue weighted by Gasteiger charge is -2.48. The third-order valence-corrected chi connectivity index (χ3v) is 7.61. The van der Waals surface area contributed by atoms with Crippen LogP contribution in [-0.4, -0.2) is 62.7 Å². The lowest BCUT2D eigenvalue weighted by Crippen LogP contribution is -2.76. The number of methoxy groups -OCH3 is 1. The number of fused-ring (bicyclic) bond motifs is 1. The first kappa shape index (κ1) is 24.4. The van der Waals surface area contributed by atoms with E-state index in [1.165, 1.54) is 47.1 Å². The van der Waals surface area contributed by atoms with Crippen LogP contribution < -0.4 is 0 Å². The SMILES string of the molecule is COC(=O)C1(N=Cc2ccc([N+](=O)[O-])cc2)C(=O)N2[C@@H](C(=O)OCc3ccccc3)C(C)(C)S[C@@H]21. The molecule has 1 unspecified atom stereocenters. The Bertz CT molecular complexity index is 1200. The number of amides is 1. The van der Waals surface area contributed by atoms with Gasteiger partial charge in [0.2, 0.25) is 0 Å². The van der Waals surface area contributed by atoms with Gasteiger partial charge in [-0.25, -0.2) is 9.59 Å². The van der Waals surface area contributed by atoms with Crippen molar-refractivity contribution in [3.63, 3.8) is 0 Å². The minimum Gasteiger partial charge on any atom is -0.467 e. The highest BCUT2D eigenvalue weighted by Crippen LogP contribution is 2.56. The Balaban J connectivity index is 1.59. The fourth-order valence-corrected chi connectivity index (χ4v) is 5.88. The molecule has 2 aromatic rings. The highest BCUT2D eigenvalue weighted by atomic mass is 32.2. The van der Waals surface area contributed by atoms with Gasteiger partial charge in [-0.05, 0) is 37.1 Å². The molecule has 2 aliphatic rings. The largest absolute Gasteiger partial charge is 0.467 e. The summed E-state index contributed by atoms with van der Waals surface area (Å²) in [6, 6.07) is 13.8. The minimum atomic E-state index is -1.87. The number of nitro groups is 1. The first-order valence-corrected chi connectivity index (χ1v) is 11.6. The molecular formula is C24H23N3O7S. The average Bonchev–Trinajstić information content (AvgIpc) is 3.11. The van der Waals surface area contributed by atoms with Gasteiger partial charge in [-0.1, -0.05) is 30.3 Å². The number of nitrogens with zero attached hydrogens (tertiary/aromatic N) is 3. The zero-order valence-corrected chi connectivity index (χ0v) is 20.1. The Labute approximate surface area is 205 Å². The van der Waals surface area contributed by atoms with Crippen LogP contribution in [0.25, 0.3) is 0 Å². The normalized spacial score (nSPS) is 24.5. The molecule has 2 saturated heterocycles. The molecule has 4 rings (SSSR count). The van der Waals surface area contributed by atoms with Crippen LogP contribution in [0.2, 0.25) is 0 Å². The maximum atomic E-state index is 13.4. The van der Waals surface area contributed by atoms with Crippen LogP contribution in [0.3, 0.4) is 0 Å². The molecule has 0 saturated carbocycles. The van der Waals surface area contributed by atoms with Crippen LogP contribution in [0.5, 0.6) is 0 Å². The fourth-order valence-electron chi connectivity index (χ4n) is 4.20. The zero-order valence-electron chi connectivity index (χ0n) is 19.2. The fraction of sp³-hybridized carbons (Fsp3) is 0.333. The van der Waals surface area contributed by atoms with E-state index in [9.17, 15) is 24.5 Å². The number of β-lactam (4-membered cyclic amide) rings is 1. The van der Waals surface area contributed by atoms with E-state index in [2.05, 4.69) is 4.99 Å². The number of nitro benzene ring substituents is 1. The Morgan fingerprint density at radius 2 is 1.83 bits per heavy atom. The molecule has 0 bridgehead atoms. The van der Waals surface area contributed by atoms with Gasteiger partial charge in [0, 0.05) is 23.1 Å². The molecule has 3 atom stereocenters. The zero-order chi connectivity index (χ0) is 25.4. The highest BCUT2D eigenvalue weighted by molar-refractivity contribution is 8.01. The third-order valence-electron chi connectivity index (χ3n) is 5.99. The lowest BCUT2D eigenvalue weighted by atomic mass is 9.85. The maximum absolute atomic E-state index is 13.4. The number of ether oxygens (including phenoxy) is 2. The molecule has 2 heterocycles. The summed E-state index contributed by atoms with van der Waals surface area (Å²) < 4.78 is 9.68. The summed E-state index contributed by atoms with van der Waals surface area (Å²) in [4.78, 5) is 55.3. The Hall–Kier alpha value is -3.73. The number of hydrogen-bond donors (Lipinski definition) is 0. The summed E-state index contributed by atoms with van der Waals surface area (Å²) in [6.07, 6.45) is 1.31. The Morgan fingerprint density at radius 1 is 1.17 bits per heavy atom. The topological polar surface area (TPSA) is 128 Å². The van der Waals surface area contributed by atoms with Gasteiger partial charge in [-0.15, -0.1) is 11.8 Å². The van der Waals surface area contributed by atoms with E-state index in [1.807, 2.05) is 30.3 Å². The second kappa shape index (κ2) is 9.14. The molecule has 1 amide bonds. The quantitative estimate of drug-likeness (QED) is 0.143. The van der Waals surface area contributed by atoms with Gasteiger partial charge in [0.25, 0.3) is 17.1 Å². The second-order valence-corrected chi connectivity index (χ2v) is 10.4. The van der Waals surface area contributed by atoms with Gasteiger partial charge in [-0.2, -0.15) is 0 Å². The molecule has 10 nitrogen and oxygen atoms in total. The van der Waals surface area contributed by atoms with Crippen molar-refractivity contribution in [2.75, 3.05) is 7.11 Å². The number of rotatable bonds is 7. The van der Waals surface area contributed by atoms with Crippen molar-refractivity contribution in [2.45, 2.75) is 42.2 Å². The van der Waals surface area contributed by atoms with E-state index in [4.69, 9.17) is 9.47 Å². The van der Waals surface area contributed by atoms with Gasteiger partial charge >= 0.3 is 11.9 Å². The van der Waals surface area contributed by atoms with Crippen molar-refractivity contribution in [1.82, 2.24) is 4.90 Å². The van der Waals surface area contributed by atoms with Crippen LogP contribution in [-0.2, 0) is 30.5 Å². The highest BCUT2D eigenvalue weighted by Gasteiger charge is 2.75. The molecule has 2 aliphatic heterocycles. The summed E-state index contributed by atoms with van der Waals surface area (Å²) in [5.74, 6) is -2.07. The predicted octanol–water partition coefficient (Wildman–Crippen LogP) is 2.73. The minimum absolute atomic E-state index is 0.0596. The Kier molecular flexibility index (Phi) is 6.37. The standard InChI is InChI=1S/C24H23N3O7S/c1-23(2)18(19(28)34-14-16-7-5-4-6-8-16)26-20(29)24(21(26)35-23,22(30)33-3)25-13-15-9-11-17(12-10-15)27(31)32/h4-13,18,21H,14H2,1-3H3/t18-,21+,24?/m0/s1. The van der Waals surface area contributed by atoms with Crippen molar-refractivity contribution < 1.29 is 28.8 Å². The molecule has 0 spiro atoms. The van der Waals surface area contributed by atoms with Crippen molar-refractivity contribution in [1.29, 1.82) is 0 Å². The van der Waals surface area contributed by atoms with Crippen LogP contribution >= 0.6 is 11.8 Å². The van der Waals surface area contributed by atoms with Crippen molar-refractivity contribution >= 4 is 41.5 Å². The Morgan fingerprint density at radius 3 is 2.43 bits per heavy atom. The predicted molar refractivity (Wildman–Crippen MR) is 128 cm³/mol. The average molecular weight is 498 g/mol. The van der Waals surface area contributed by atoms with Gasteiger partial charge in [0.05, 0.1) is 12.0 Å². The van der Waals surface area contributed by atoms with Crippen LogP contribution in [0, 0.1) is 10.1 Å². The molecule has 182 valence electrons. The molecule has 0 radical (unpaired) electrons. The van der Waals surface area contributed by atoms with E-state index < -0.39 is 44.5 Å². The number of carbonyl (C=O) groups is 3.